The highest BCUT2D eigenvalue weighted by Crippen LogP contribution is 2.16. The number of ether oxygens (including phenoxy) is 12. The van der Waals surface area contributed by atoms with Gasteiger partial charge in [0.25, 0.3) is 5.91 Å². The second-order valence-corrected chi connectivity index (χ2v) is 19.3. The largest absolute Gasteiger partial charge is 0.481 e. The molecule has 3 aromatic rings. The number of hydrogen-bond donors (Lipinski definition) is 7. The summed E-state index contributed by atoms with van der Waals surface area (Å²) in [6.45, 7) is 11.8. The van der Waals surface area contributed by atoms with Crippen LogP contribution in [0.15, 0.2) is 60.0 Å². The summed E-state index contributed by atoms with van der Waals surface area (Å²) in [5, 5.41) is 26.3. The van der Waals surface area contributed by atoms with Gasteiger partial charge in [-0.15, -0.1) is 11.3 Å². The van der Waals surface area contributed by atoms with Crippen LogP contribution in [0.3, 0.4) is 0 Å². The molecule has 0 aliphatic rings. The molecular formula is C54H81N7O20S2. The van der Waals surface area contributed by atoms with Crippen LogP contribution in [-0.4, -0.2) is 228 Å². The van der Waals surface area contributed by atoms with E-state index in [0.29, 0.717) is 163 Å². The minimum atomic E-state index is -1.47. The molecule has 0 spiro atoms. The topological polar surface area (TPSA) is 336 Å². The molecule has 0 fully saturated rings. The third-order valence-corrected chi connectivity index (χ3v) is 12.0. The van der Waals surface area contributed by atoms with Gasteiger partial charge in [0, 0.05) is 43.3 Å². The van der Waals surface area contributed by atoms with Gasteiger partial charge in [-0.05, 0) is 23.3 Å². The van der Waals surface area contributed by atoms with E-state index in [9.17, 15) is 38.7 Å². The summed E-state index contributed by atoms with van der Waals surface area (Å²) in [5.41, 5.74) is 1.86. The van der Waals surface area contributed by atoms with Crippen LogP contribution < -0.4 is 31.9 Å². The van der Waals surface area contributed by atoms with E-state index in [1.807, 2.05) is 30.3 Å². The molecular weight excluding hydrogens is 1130 g/mol. The van der Waals surface area contributed by atoms with Gasteiger partial charge in [0.05, 0.1) is 172 Å². The van der Waals surface area contributed by atoms with Gasteiger partial charge in [-0.3, -0.25) is 34.1 Å². The summed E-state index contributed by atoms with van der Waals surface area (Å²) < 4.78 is 65.7. The van der Waals surface area contributed by atoms with Crippen LogP contribution in [0.4, 0.5) is 15.6 Å². The van der Waals surface area contributed by atoms with Gasteiger partial charge in [-0.25, -0.2) is 9.78 Å². The number of nitrogens with zero attached hydrogens (tertiary/aromatic N) is 1. The average molecular weight is 1210 g/mol. The fourth-order valence-electron chi connectivity index (χ4n) is 6.39. The highest BCUT2D eigenvalue weighted by Gasteiger charge is 2.25. The molecule has 0 bridgehead atoms. The number of carboxylic acids is 1. The monoisotopic (exact) mass is 1210 g/mol. The van der Waals surface area contributed by atoms with Crippen molar-refractivity contribution in [3.05, 3.63) is 76.8 Å². The number of nitrogens with one attached hydrogen (secondary N) is 6. The van der Waals surface area contributed by atoms with Crippen LogP contribution in [0.25, 0.3) is 0 Å². The van der Waals surface area contributed by atoms with Crippen LogP contribution in [0.1, 0.15) is 41.4 Å². The van der Waals surface area contributed by atoms with Crippen molar-refractivity contribution in [1.82, 2.24) is 26.3 Å². The van der Waals surface area contributed by atoms with Crippen molar-refractivity contribution >= 4 is 74.7 Å². The number of aromatic nitrogens is 1. The molecule has 2 aromatic carbocycles. The standard InChI is InChI=1S/C54H81N7O20S2/c1-42(62)82-36-35-81-34-33-80-32-31-79-30-29-78-28-27-77-26-25-76-24-23-75-22-21-74-20-19-73-18-17-72-16-15-71-14-13-70-12-11-48(63)55-38-44-7-9-45(10-8-44)58-52(68)46(37-50(65)66)59-49(64)40-56-51(67)47-41-83-54(60-47)61-53(69)57-39-43-5-3-2-4-6-43/h2-10,41,46H,11-40H2,1H3,(H,55,63)(H,56,67)(H,58,68)(H,59,64)(H,65,66)(H2,57,60,61,69). The van der Waals surface area contributed by atoms with Crippen molar-refractivity contribution in [2.75, 3.05) is 181 Å². The van der Waals surface area contributed by atoms with Crippen molar-refractivity contribution in [3.63, 3.8) is 0 Å². The first-order valence-corrected chi connectivity index (χ1v) is 28.9. The Morgan fingerprint density at radius 1 is 0.518 bits per heavy atom. The Bertz CT molecular complexity index is 2240. The Hall–Kier alpha value is -5.77. The average Bonchev–Trinajstić information content (AvgIpc) is 4.03. The molecule has 0 saturated heterocycles. The Labute approximate surface area is 491 Å². The van der Waals surface area contributed by atoms with Crippen molar-refractivity contribution < 1.29 is 95.5 Å². The molecule has 27 nitrogen and oxygen atoms in total. The molecule has 0 aliphatic carbocycles. The minimum Gasteiger partial charge on any atom is -0.481 e. The highest BCUT2D eigenvalue weighted by atomic mass is 32.2. The maximum Gasteiger partial charge on any atom is 0.321 e. The van der Waals surface area contributed by atoms with Crippen molar-refractivity contribution in [1.29, 1.82) is 0 Å². The Kier molecular flexibility index (Phi) is 41.9. The van der Waals surface area contributed by atoms with E-state index >= 15 is 0 Å². The number of carbonyl (C=O) groups excluding carboxylic acids is 6. The number of rotatable bonds is 52. The molecule has 464 valence electrons. The molecule has 1 heterocycles. The smallest absolute Gasteiger partial charge is 0.321 e. The van der Waals surface area contributed by atoms with Gasteiger partial charge >= 0.3 is 12.0 Å². The van der Waals surface area contributed by atoms with E-state index < -0.39 is 48.7 Å². The van der Waals surface area contributed by atoms with E-state index in [2.05, 4.69) is 36.9 Å². The maximum atomic E-state index is 13.0. The van der Waals surface area contributed by atoms with Gasteiger partial charge in [0.1, 0.15) is 11.7 Å². The normalized spacial score (nSPS) is 11.4. The molecule has 7 N–H and O–H groups in total. The zero-order chi connectivity index (χ0) is 59.6. The first-order valence-electron chi connectivity index (χ1n) is 27.0. The zero-order valence-electron chi connectivity index (χ0n) is 47.0. The fraction of sp³-hybridized carbons (Fsp3) is 0.593. The van der Waals surface area contributed by atoms with Gasteiger partial charge in [-0.2, -0.15) is 0 Å². The molecule has 1 atom stereocenters. The van der Waals surface area contributed by atoms with E-state index in [-0.39, 0.29) is 48.0 Å². The van der Waals surface area contributed by atoms with Gasteiger partial charge in [-0.1, -0.05) is 54.2 Å². The number of anilines is 2. The van der Waals surface area contributed by atoms with Crippen LogP contribution in [0.2, 0.25) is 0 Å². The molecule has 0 aliphatic heterocycles. The summed E-state index contributed by atoms with van der Waals surface area (Å²) in [6, 6.07) is 13.7. The number of carboxylic acid groups (broad SMARTS) is 1. The van der Waals surface area contributed by atoms with Gasteiger partial charge < -0.3 is 88.5 Å². The van der Waals surface area contributed by atoms with E-state index in [4.69, 9.17) is 56.8 Å². The molecule has 0 saturated carbocycles. The number of thioether (sulfide) groups is 1. The lowest BCUT2D eigenvalue weighted by Gasteiger charge is -2.17. The SMILES string of the molecule is CC(=O)SCCOCCOCCOCCOCCOCCOCCOCCOCCOCCOCCOCCOCCC(=O)NCc1ccc(NC(=O)C(CC(=O)O)NC(=O)CNC(=O)c2csc(NC(=O)NCc3ccccc3)n2)cc1. The molecule has 6 amide bonds. The molecule has 1 unspecified atom stereocenters. The zero-order valence-corrected chi connectivity index (χ0v) is 48.7. The summed E-state index contributed by atoms with van der Waals surface area (Å²) >= 11 is 2.24. The van der Waals surface area contributed by atoms with Crippen LogP contribution in [0.5, 0.6) is 0 Å². The van der Waals surface area contributed by atoms with E-state index in [1.54, 1.807) is 24.3 Å². The Balaban J connectivity index is 1.05. The Morgan fingerprint density at radius 3 is 1.41 bits per heavy atom. The number of aliphatic carboxylic acids is 1. The predicted octanol–water partition coefficient (Wildman–Crippen LogP) is 2.28. The quantitative estimate of drug-likeness (QED) is 0.0399. The molecule has 1 aromatic heterocycles. The number of urea groups is 1. The van der Waals surface area contributed by atoms with Gasteiger partial charge in [0.2, 0.25) is 17.7 Å². The van der Waals surface area contributed by atoms with Crippen LogP contribution >= 0.6 is 23.1 Å². The summed E-state index contributed by atoms with van der Waals surface area (Å²) in [5.74, 6) is -3.29. The lowest BCUT2D eigenvalue weighted by molar-refractivity contribution is -0.139. The lowest BCUT2D eigenvalue weighted by atomic mass is 10.1. The number of benzene rings is 2. The minimum absolute atomic E-state index is 0.0674. The highest BCUT2D eigenvalue weighted by molar-refractivity contribution is 8.13. The molecule has 83 heavy (non-hydrogen) atoms. The molecule has 0 radical (unpaired) electrons. The number of hydrogen-bond acceptors (Lipinski definition) is 22. The number of carbonyl (C=O) groups is 7. The first-order chi connectivity index (χ1) is 40.5. The van der Waals surface area contributed by atoms with Crippen molar-refractivity contribution in [2.45, 2.75) is 38.9 Å². The first kappa shape index (κ1) is 71.5. The second kappa shape index (κ2) is 48.6. The van der Waals surface area contributed by atoms with E-state index in [1.165, 1.54) is 24.1 Å². The fourth-order valence-corrected chi connectivity index (χ4v) is 7.56. The van der Waals surface area contributed by atoms with Crippen LogP contribution in [-0.2, 0) is 93.9 Å². The van der Waals surface area contributed by atoms with Gasteiger partial charge in [0.15, 0.2) is 10.2 Å². The summed E-state index contributed by atoms with van der Waals surface area (Å²) in [7, 11) is 0. The maximum absolute atomic E-state index is 13.0. The van der Waals surface area contributed by atoms with E-state index in [0.717, 1.165) is 22.5 Å². The van der Waals surface area contributed by atoms with Crippen molar-refractivity contribution in [2.24, 2.45) is 0 Å². The lowest BCUT2D eigenvalue weighted by Crippen LogP contribution is -2.48. The second-order valence-electron chi connectivity index (χ2n) is 17.1. The Morgan fingerprint density at radius 2 is 0.952 bits per heavy atom. The molecule has 29 heteroatoms. The number of amides is 6. The number of thiazole rings is 1. The van der Waals surface area contributed by atoms with Crippen LogP contribution in [0, 0.1) is 0 Å². The molecule has 3 rings (SSSR count). The third-order valence-electron chi connectivity index (χ3n) is 10.5. The summed E-state index contributed by atoms with van der Waals surface area (Å²) in [4.78, 5) is 89.3. The summed E-state index contributed by atoms with van der Waals surface area (Å²) in [6.07, 6.45) is -0.605. The van der Waals surface area contributed by atoms with Crippen molar-refractivity contribution in [3.8, 4) is 0 Å². The third kappa shape index (κ3) is 40.2. The predicted molar refractivity (Wildman–Crippen MR) is 305 cm³/mol.